The van der Waals surface area contributed by atoms with E-state index in [0.717, 1.165) is 44.3 Å². The van der Waals surface area contributed by atoms with Crippen LogP contribution in [0.25, 0.3) is 0 Å². The maximum Gasteiger partial charge on any atom is 0.255 e. The summed E-state index contributed by atoms with van der Waals surface area (Å²) in [4.78, 5) is 25.2. The highest BCUT2D eigenvalue weighted by molar-refractivity contribution is 6.34. The van der Waals surface area contributed by atoms with Gasteiger partial charge in [-0.25, -0.2) is 0 Å². The van der Waals surface area contributed by atoms with Crippen LogP contribution >= 0.6 is 11.6 Å². The van der Waals surface area contributed by atoms with Gasteiger partial charge in [0, 0.05) is 17.3 Å². The molecule has 0 bridgehead atoms. The lowest BCUT2D eigenvalue weighted by molar-refractivity contribution is 0.0926. The zero-order valence-electron chi connectivity index (χ0n) is 17.4. The SMILES string of the molecule is CCCCOc1ccc(C(=O)Nc2ccc(Cl)c(C(=O)NC3CCCCC3)c2)cc1. The number of ether oxygens (including phenoxy) is 1. The molecule has 0 atom stereocenters. The van der Waals surface area contributed by atoms with Crippen LogP contribution < -0.4 is 15.4 Å². The number of carbonyl (C=O) groups is 2. The average Bonchev–Trinajstić information content (AvgIpc) is 2.76. The molecule has 2 aromatic carbocycles. The number of hydrogen-bond acceptors (Lipinski definition) is 3. The summed E-state index contributed by atoms with van der Waals surface area (Å²) in [6, 6.07) is 12.2. The van der Waals surface area contributed by atoms with E-state index in [1.54, 1.807) is 42.5 Å². The number of carbonyl (C=O) groups excluding carboxylic acids is 2. The molecule has 2 N–H and O–H groups in total. The van der Waals surface area contributed by atoms with Crippen molar-refractivity contribution in [3.63, 3.8) is 0 Å². The monoisotopic (exact) mass is 428 g/mol. The Kier molecular flexibility index (Phi) is 8.14. The van der Waals surface area contributed by atoms with Gasteiger partial charge in [0.25, 0.3) is 11.8 Å². The summed E-state index contributed by atoms with van der Waals surface area (Å²) >= 11 is 6.24. The minimum atomic E-state index is -0.254. The molecule has 1 aliphatic rings. The molecule has 1 saturated carbocycles. The van der Waals surface area contributed by atoms with Gasteiger partial charge in [0.1, 0.15) is 5.75 Å². The number of amides is 2. The van der Waals surface area contributed by atoms with Gasteiger partial charge in [0.2, 0.25) is 0 Å². The van der Waals surface area contributed by atoms with Crippen LogP contribution in [0.5, 0.6) is 5.75 Å². The van der Waals surface area contributed by atoms with Crippen molar-refractivity contribution in [2.24, 2.45) is 0 Å². The predicted molar refractivity (Wildman–Crippen MR) is 121 cm³/mol. The first-order valence-corrected chi connectivity index (χ1v) is 11.1. The summed E-state index contributed by atoms with van der Waals surface area (Å²) in [5.74, 6) is 0.292. The normalized spacial score (nSPS) is 14.2. The van der Waals surface area contributed by atoms with Crippen molar-refractivity contribution in [3.05, 3.63) is 58.6 Å². The molecule has 0 radical (unpaired) electrons. The second-order valence-corrected chi connectivity index (χ2v) is 8.09. The van der Waals surface area contributed by atoms with E-state index in [0.29, 0.717) is 28.4 Å². The predicted octanol–water partition coefficient (Wildman–Crippen LogP) is 5.83. The highest BCUT2D eigenvalue weighted by Gasteiger charge is 2.19. The maximum absolute atomic E-state index is 12.7. The molecule has 2 aromatic rings. The minimum absolute atomic E-state index is 0.193. The van der Waals surface area contributed by atoms with E-state index < -0.39 is 0 Å². The molecule has 0 aromatic heterocycles. The first kappa shape index (κ1) is 22.2. The Hall–Kier alpha value is -2.53. The van der Waals surface area contributed by atoms with E-state index in [2.05, 4.69) is 17.6 Å². The molecule has 0 spiro atoms. The number of hydrogen-bond donors (Lipinski definition) is 2. The Morgan fingerprint density at radius 3 is 2.47 bits per heavy atom. The lowest BCUT2D eigenvalue weighted by Gasteiger charge is -2.23. The van der Waals surface area contributed by atoms with E-state index in [9.17, 15) is 9.59 Å². The van der Waals surface area contributed by atoms with Crippen LogP contribution in [0.4, 0.5) is 5.69 Å². The molecule has 1 aliphatic carbocycles. The van der Waals surface area contributed by atoms with Crippen LogP contribution in [-0.4, -0.2) is 24.5 Å². The van der Waals surface area contributed by atoms with E-state index in [-0.39, 0.29) is 17.9 Å². The summed E-state index contributed by atoms with van der Waals surface area (Å²) in [6.45, 7) is 2.77. The molecule has 5 nitrogen and oxygen atoms in total. The molecule has 6 heteroatoms. The molecule has 3 rings (SSSR count). The third kappa shape index (κ3) is 6.23. The first-order chi connectivity index (χ1) is 14.6. The van der Waals surface area contributed by atoms with E-state index in [4.69, 9.17) is 16.3 Å². The fourth-order valence-corrected chi connectivity index (χ4v) is 3.73. The van der Waals surface area contributed by atoms with Crippen molar-refractivity contribution >= 4 is 29.1 Å². The Morgan fingerprint density at radius 1 is 1.03 bits per heavy atom. The Balaban J connectivity index is 1.62. The minimum Gasteiger partial charge on any atom is -0.494 e. The van der Waals surface area contributed by atoms with Gasteiger partial charge < -0.3 is 15.4 Å². The van der Waals surface area contributed by atoms with Crippen LogP contribution in [-0.2, 0) is 0 Å². The summed E-state index contributed by atoms with van der Waals surface area (Å²) in [6.07, 6.45) is 7.56. The third-order valence-electron chi connectivity index (χ3n) is 5.29. The molecular weight excluding hydrogens is 400 g/mol. The van der Waals surface area contributed by atoms with Crippen LogP contribution in [0.2, 0.25) is 5.02 Å². The molecular formula is C24H29ClN2O3. The fourth-order valence-electron chi connectivity index (χ4n) is 3.53. The van der Waals surface area contributed by atoms with Crippen LogP contribution in [0, 0.1) is 0 Å². The number of rotatable bonds is 8. The topological polar surface area (TPSA) is 67.4 Å². The maximum atomic E-state index is 12.7. The van der Waals surface area contributed by atoms with Crippen molar-refractivity contribution in [2.45, 2.75) is 57.9 Å². The molecule has 160 valence electrons. The molecule has 0 aliphatic heterocycles. The molecule has 30 heavy (non-hydrogen) atoms. The first-order valence-electron chi connectivity index (χ1n) is 10.7. The largest absolute Gasteiger partial charge is 0.494 e. The van der Waals surface area contributed by atoms with E-state index in [1.807, 2.05) is 0 Å². The Morgan fingerprint density at radius 2 is 1.77 bits per heavy atom. The molecule has 2 amide bonds. The van der Waals surface area contributed by atoms with Gasteiger partial charge in [0.15, 0.2) is 0 Å². The lowest BCUT2D eigenvalue weighted by Crippen LogP contribution is -2.36. The number of halogens is 1. The summed E-state index contributed by atoms with van der Waals surface area (Å²) in [5.41, 5.74) is 1.42. The summed E-state index contributed by atoms with van der Waals surface area (Å²) < 4.78 is 5.63. The Labute approximate surface area is 183 Å². The standard InChI is InChI=1S/C24H29ClN2O3/c1-2-3-15-30-20-12-9-17(10-13-20)23(28)27-19-11-14-22(25)21(16-19)24(29)26-18-7-5-4-6-8-18/h9-14,16,18H,2-8,15H2,1H3,(H,26,29)(H,27,28). The number of unbranched alkanes of at least 4 members (excludes halogenated alkanes) is 1. The highest BCUT2D eigenvalue weighted by atomic mass is 35.5. The van der Waals surface area contributed by atoms with Crippen LogP contribution in [0.15, 0.2) is 42.5 Å². The van der Waals surface area contributed by atoms with Crippen LogP contribution in [0.1, 0.15) is 72.6 Å². The molecule has 0 unspecified atom stereocenters. The zero-order valence-corrected chi connectivity index (χ0v) is 18.1. The van der Waals surface area contributed by atoms with Gasteiger partial charge in [-0.3, -0.25) is 9.59 Å². The average molecular weight is 429 g/mol. The van der Waals surface area contributed by atoms with E-state index in [1.165, 1.54) is 6.42 Å². The summed E-state index contributed by atoms with van der Waals surface area (Å²) in [7, 11) is 0. The third-order valence-corrected chi connectivity index (χ3v) is 5.62. The number of anilines is 1. The smallest absolute Gasteiger partial charge is 0.255 e. The van der Waals surface area contributed by atoms with Crippen molar-refractivity contribution in [1.82, 2.24) is 5.32 Å². The zero-order chi connectivity index (χ0) is 21.3. The summed E-state index contributed by atoms with van der Waals surface area (Å²) in [5, 5.41) is 6.27. The van der Waals surface area contributed by atoms with Crippen LogP contribution in [0.3, 0.4) is 0 Å². The van der Waals surface area contributed by atoms with Crippen molar-refractivity contribution in [2.75, 3.05) is 11.9 Å². The quantitative estimate of drug-likeness (QED) is 0.519. The second kappa shape index (κ2) is 11.0. The molecule has 0 heterocycles. The Bertz CT molecular complexity index is 861. The highest BCUT2D eigenvalue weighted by Crippen LogP contribution is 2.23. The molecule has 0 saturated heterocycles. The lowest BCUT2D eigenvalue weighted by atomic mass is 9.95. The van der Waals surface area contributed by atoms with Crippen molar-refractivity contribution in [1.29, 1.82) is 0 Å². The van der Waals surface area contributed by atoms with Gasteiger partial charge >= 0.3 is 0 Å². The van der Waals surface area contributed by atoms with Gasteiger partial charge in [-0.2, -0.15) is 0 Å². The van der Waals surface area contributed by atoms with Gasteiger partial charge in [-0.1, -0.05) is 44.2 Å². The van der Waals surface area contributed by atoms with Gasteiger partial charge in [-0.15, -0.1) is 0 Å². The number of benzene rings is 2. The van der Waals surface area contributed by atoms with Crippen molar-refractivity contribution in [3.8, 4) is 5.75 Å². The molecule has 1 fully saturated rings. The van der Waals surface area contributed by atoms with Gasteiger partial charge in [0.05, 0.1) is 17.2 Å². The fraction of sp³-hybridized carbons (Fsp3) is 0.417. The number of nitrogens with one attached hydrogen (secondary N) is 2. The van der Waals surface area contributed by atoms with Crippen molar-refractivity contribution < 1.29 is 14.3 Å². The second-order valence-electron chi connectivity index (χ2n) is 7.68. The van der Waals surface area contributed by atoms with Gasteiger partial charge in [-0.05, 0) is 61.7 Å². The van der Waals surface area contributed by atoms with E-state index >= 15 is 0 Å².